The summed E-state index contributed by atoms with van der Waals surface area (Å²) in [6.45, 7) is 0. The van der Waals surface area contributed by atoms with Crippen LogP contribution in [0.2, 0.25) is 0 Å². The van der Waals surface area contributed by atoms with E-state index in [2.05, 4.69) is 167 Å². The lowest BCUT2D eigenvalue weighted by Gasteiger charge is -2.25. The third-order valence-electron chi connectivity index (χ3n) is 7.16. The number of benzene rings is 6. The summed E-state index contributed by atoms with van der Waals surface area (Å²) in [5.41, 5.74) is 9.42. The van der Waals surface area contributed by atoms with Crippen LogP contribution < -0.4 is 4.90 Å². The van der Waals surface area contributed by atoms with Gasteiger partial charge < -0.3 is 9.47 Å². The largest absolute Gasteiger partial charge is 0.310 e. The molecule has 0 aliphatic carbocycles. The third kappa shape index (κ3) is 3.75. The summed E-state index contributed by atoms with van der Waals surface area (Å²) >= 11 is 0. The van der Waals surface area contributed by atoms with E-state index in [9.17, 15) is 0 Å². The van der Waals surface area contributed by atoms with Gasteiger partial charge in [0.25, 0.3) is 0 Å². The molecule has 0 fully saturated rings. The smallest absolute Gasteiger partial charge is 0.0547 e. The highest BCUT2D eigenvalue weighted by atomic mass is 15.1. The van der Waals surface area contributed by atoms with Gasteiger partial charge in [-0.3, -0.25) is 0 Å². The Bertz CT molecular complexity index is 1800. The Balaban J connectivity index is 1.56. The summed E-state index contributed by atoms with van der Waals surface area (Å²) in [6, 6.07) is 56.0. The summed E-state index contributed by atoms with van der Waals surface area (Å²) in [6.07, 6.45) is 0. The fraction of sp³-hybridized carbons (Fsp3) is 0. The van der Waals surface area contributed by atoms with Gasteiger partial charge in [-0.25, -0.2) is 0 Å². The second-order valence-electron chi connectivity index (χ2n) is 9.44. The first-order valence-electron chi connectivity index (χ1n) is 13.0. The summed E-state index contributed by atoms with van der Waals surface area (Å²) in [7, 11) is 0. The lowest BCUT2D eigenvalue weighted by molar-refractivity contribution is 1.18. The van der Waals surface area contributed by atoms with Gasteiger partial charge in [0.05, 0.1) is 11.0 Å². The number of hydrogen-bond donors (Lipinski definition) is 0. The normalized spacial score (nSPS) is 11.2. The van der Waals surface area contributed by atoms with Crippen molar-refractivity contribution in [2.45, 2.75) is 0 Å². The molecule has 0 radical (unpaired) electrons. The molecule has 0 aliphatic rings. The van der Waals surface area contributed by atoms with Gasteiger partial charge in [0.2, 0.25) is 0 Å². The highest BCUT2D eigenvalue weighted by Crippen LogP contribution is 2.42. The molecule has 0 bridgehead atoms. The zero-order chi connectivity index (χ0) is 25.3. The number of para-hydroxylation sites is 3. The molecule has 1 aromatic heterocycles. The maximum absolute atomic E-state index is 2.39. The van der Waals surface area contributed by atoms with E-state index in [1.54, 1.807) is 0 Å². The van der Waals surface area contributed by atoms with Crippen LogP contribution in [0.3, 0.4) is 0 Å². The molecule has 0 aliphatic heterocycles. The molecule has 0 atom stereocenters. The Kier molecular flexibility index (Phi) is 5.49. The standard InChI is InChI=1S/C36H26N2/c1-5-14-27(15-6-1)32-22-13-23-35-36(32)33-26-31(24-25-34(33)38(35)30-20-11-4-12-21-30)37(28-16-7-2-8-17-28)29-18-9-3-10-19-29/h1-26H. The first-order valence-corrected chi connectivity index (χ1v) is 13.0. The monoisotopic (exact) mass is 486 g/mol. The third-order valence-corrected chi connectivity index (χ3v) is 7.16. The molecule has 38 heavy (non-hydrogen) atoms. The molecular formula is C36H26N2. The molecule has 2 heteroatoms. The van der Waals surface area contributed by atoms with E-state index < -0.39 is 0 Å². The summed E-state index contributed by atoms with van der Waals surface area (Å²) in [4.78, 5) is 2.33. The van der Waals surface area contributed by atoms with Crippen LogP contribution in [0.1, 0.15) is 0 Å². The van der Waals surface area contributed by atoms with Crippen molar-refractivity contribution in [2.24, 2.45) is 0 Å². The Morgan fingerprint density at radius 3 is 1.63 bits per heavy atom. The molecule has 0 amide bonds. The SMILES string of the molecule is c1ccc(-c2cccc3c2c2cc(N(c4ccccc4)c4ccccc4)ccc2n3-c2ccccc2)cc1. The van der Waals surface area contributed by atoms with Crippen LogP contribution in [0, 0.1) is 0 Å². The summed E-state index contributed by atoms with van der Waals surface area (Å²) in [5, 5.41) is 2.50. The fourth-order valence-electron chi connectivity index (χ4n) is 5.51. The van der Waals surface area contributed by atoms with E-state index in [4.69, 9.17) is 0 Å². The van der Waals surface area contributed by atoms with Gasteiger partial charge in [-0.15, -0.1) is 0 Å². The lowest BCUT2D eigenvalue weighted by Crippen LogP contribution is -2.09. The molecule has 7 aromatic rings. The second kappa shape index (κ2) is 9.42. The lowest BCUT2D eigenvalue weighted by atomic mass is 9.99. The maximum Gasteiger partial charge on any atom is 0.0547 e. The van der Waals surface area contributed by atoms with E-state index in [1.165, 1.54) is 32.9 Å². The molecule has 0 saturated carbocycles. The molecule has 2 nitrogen and oxygen atoms in total. The van der Waals surface area contributed by atoms with Crippen molar-refractivity contribution in [3.63, 3.8) is 0 Å². The molecule has 6 aromatic carbocycles. The van der Waals surface area contributed by atoms with Crippen molar-refractivity contribution in [3.05, 3.63) is 158 Å². The molecule has 0 saturated heterocycles. The van der Waals surface area contributed by atoms with E-state index in [1.807, 2.05) is 0 Å². The van der Waals surface area contributed by atoms with Crippen LogP contribution in [0.4, 0.5) is 17.1 Å². The van der Waals surface area contributed by atoms with Crippen molar-refractivity contribution in [1.82, 2.24) is 4.57 Å². The van der Waals surface area contributed by atoms with Crippen molar-refractivity contribution in [1.29, 1.82) is 0 Å². The number of fused-ring (bicyclic) bond motifs is 3. The van der Waals surface area contributed by atoms with Crippen molar-refractivity contribution < 1.29 is 0 Å². The molecule has 7 rings (SSSR count). The number of anilines is 3. The van der Waals surface area contributed by atoms with Crippen LogP contribution in [0.5, 0.6) is 0 Å². The molecule has 0 unspecified atom stereocenters. The van der Waals surface area contributed by atoms with Gasteiger partial charge in [0.1, 0.15) is 0 Å². The average molecular weight is 487 g/mol. The second-order valence-corrected chi connectivity index (χ2v) is 9.44. The number of aromatic nitrogens is 1. The maximum atomic E-state index is 2.39. The summed E-state index contributed by atoms with van der Waals surface area (Å²) in [5.74, 6) is 0. The first kappa shape index (κ1) is 22.1. The zero-order valence-corrected chi connectivity index (χ0v) is 20.9. The number of nitrogens with zero attached hydrogens (tertiary/aromatic N) is 2. The van der Waals surface area contributed by atoms with Crippen molar-refractivity contribution in [3.8, 4) is 16.8 Å². The number of rotatable bonds is 5. The van der Waals surface area contributed by atoms with Crippen LogP contribution in [-0.4, -0.2) is 4.57 Å². The van der Waals surface area contributed by atoms with Gasteiger partial charge in [-0.1, -0.05) is 97.1 Å². The minimum atomic E-state index is 1.13. The number of hydrogen-bond acceptors (Lipinski definition) is 1. The van der Waals surface area contributed by atoms with Crippen LogP contribution >= 0.6 is 0 Å². The predicted molar refractivity (Wildman–Crippen MR) is 161 cm³/mol. The van der Waals surface area contributed by atoms with Gasteiger partial charge in [0.15, 0.2) is 0 Å². The van der Waals surface area contributed by atoms with E-state index >= 15 is 0 Å². The Morgan fingerprint density at radius 2 is 1.00 bits per heavy atom. The summed E-state index contributed by atoms with van der Waals surface area (Å²) < 4.78 is 2.39. The fourth-order valence-corrected chi connectivity index (χ4v) is 5.51. The average Bonchev–Trinajstić information content (AvgIpc) is 3.33. The van der Waals surface area contributed by atoms with E-state index in [-0.39, 0.29) is 0 Å². The Labute approximate surface area is 222 Å². The van der Waals surface area contributed by atoms with Crippen LogP contribution in [-0.2, 0) is 0 Å². The van der Waals surface area contributed by atoms with Gasteiger partial charge in [-0.2, -0.15) is 0 Å². The Hall–Kier alpha value is -5.08. The highest BCUT2D eigenvalue weighted by molar-refractivity contribution is 6.16. The molecule has 0 N–H and O–H groups in total. The quantitative estimate of drug-likeness (QED) is 0.235. The van der Waals surface area contributed by atoms with Crippen molar-refractivity contribution >= 4 is 38.9 Å². The van der Waals surface area contributed by atoms with Gasteiger partial charge >= 0.3 is 0 Å². The van der Waals surface area contributed by atoms with Gasteiger partial charge in [0, 0.05) is 33.5 Å². The molecule has 0 spiro atoms. The highest BCUT2D eigenvalue weighted by Gasteiger charge is 2.19. The minimum absolute atomic E-state index is 1.13. The first-order chi connectivity index (χ1) is 18.9. The predicted octanol–water partition coefficient (Wildman–Crippen LogP) is 9.92. The van der Waals surface area contributed by atoms with E-state index in [0.29, 0.717) is 0 Å². The molecular weight excluding hydrogens is 460 g/mol. The molecule has 1 heterocycles. The van der Waals surface area contributed by atoms with Crippen LogP contribution in [0.15, 0.2) is 158 Å². The van der Waals surface area contributed by atoms with Crippen LogP contribution in [0.25, 0.3) is 38.6 Å². The molecule has 180 valence electrons. The zero-order valence-electron chi connectivity index (χ0n) is 20.9. The van der Waals surface area contributed by atoms with Crippen molar-refractivity contribution in [2.75, 3.05) is 4.90 Å². The van der Waals surface area contributed by atoms with Gasteiger partial charge in [-0.05, 0) is 71.8 Å². The Morgan fingerprint density at radius 1 is 0.421 bits per heavy atom. The topological polar surface area (TPSA) is 8.17 Å². The van der Waals surface area contributed by atoms with E-state index in [0.717, 1.165) is 22.7 Å². The minimum Gasteiger partial charge on any atom is -0.310 e.